The van der Waals surface area contributed by atoms with Crippen molar-refractivity contribution in [3.8, 4) is 0 Å². The number of carbonyl (C=O) groups excluding carboxylic acids is 2. The molecule has 0 spiro atoms. The third-order valence-electron chi connectivity index (χ3n) is 3.14. The van der Waals surface area contributed by atoms with Crippen LogP contribution in [-0.4, -0.2) is 17.4 Å². The Morgan fingerprint density at radius 2 is 1.68 bits per heavy atom. The molecule has 0 aliphatic rings. The summed E-state index contributed by atoms with van der Waals surface area (Å²) in [5.41, 5.74) is 1.38. The second-order valence-electron chi connectivity index (χ2n) is 4.95. The van der Waals surface area contributed by atoms with E-state index in [-0.39, 0.29) is 11.7 Å². The number of amides is 1. The fourth-order valence-corrected chi connectivity index (χ4v) is 2.83. The van der Waals surface area contributed by atoms with Gasteiger partial charge in [0.05, 0.1) is 0 Å². The normalized spacial score (nSPS) is 10.2. The van der Waals surface area contributed by atoms with Crippen molar-refractivity contribution < 1.29 is 9.59 Å². The highest BCUT2D eigenvalue weighted by Crippen LogP contribution is 2.18. The van der Waals surface area contributed by atoms with Gasteiger partial charge in [-0.15, -0.1) is 11.8 Å². The number of thioether (sulfide) groups is 1. The van der Waals surface area contributed by atoms with Gasteiger partial charge in [-0.05, 0) is 55.5 Å². The maximum atomic E-state index is 11.9. The van der Waals surface area contributed by atoms with Crippen molar-refractivity contribution in [3.63, 3.8) is 0 Å². The van der Waals surface area contributed by atoms with Crippen LogP contribution >= 0.6 is 11.8 Å². The zero-order chi connectivity index (χ0) is 15.8. The van der Waals surface area contributed by atoms with Crippen LogP contribution in [0, 0.1) is 0 Å². The number of nitrogens with one attached hydrogen (secondary N) is 1. The third kappa shape index (κ3) is 5.37. The van der Waals surface area contributed by atoms with E-state index in [9.17, 15) is 9.59 Å². The SMILES string of the molecule is CC(=O)c1ccc(NC(=O)CCCSc2ccccc2)cc1. The average molecular weight is 313 g/mol. The first-order valence-electron chi connectivity index (χ1n) is 7.24. The zero-order valence-electron chi connectivity index (χ0n) is 12.5. The summed E-state index contributed by atoms with van der Waals surface area (Å²) < 4.78 is 0. The maximum absolute atomic E-state index is 11.9. The third-order valence-corrected chi connectivity index (χ3v) is 4.23. The van der Waals surface area contributed by atoms with Crippen molar-refractivity contribution in [2.45, 2.75) is 24.7 Å². The minimum Gasteiger partial charge on any atom is -0.326 e. The standard InChI is InChI=1S/C18H19NO2S/c1-14(20)15-9-11-16(12-10-15)19-18(21)8-5-13-22-17-6-3-2-4-7-17/h2-4,6-7,9-12H,5,8,13H2,1H3,(H,19,21). The van der Waals surface area contributed by atoms with Crippen molar-refractivity contribution in [1.82, 2.24) is 0 Å². The van der Waals surface area contributed by atoms with Crippen LogP contribution in [0.25, 0.3) is 0 Å². The topological polar surface area (TPSA) is 46.2 Å². The molecule has 114 valence electrons. The molecule has 1 amide bonds. The lowest BCUT2D eigenvalue weighted by Gasteiger charge is -2.06. The highest BCUT2D eigenvalue weighted by Gasteiger charge is 2.04. The van der Waals surface area contributed by atoms with Crippen LogP contribution in [0.3, 0.4) is 0 Å². The molecular weight excluding hydrogens is 294 g/mol. The van der Waals surface area contributed by atoms with Gasteiger partial charge in [0.1, 0.15) is 0 Å². The Kier molecular flexibility index (Phi) is 6.22. The number of hydrogen-bond acceptors (Lipinski definition) is 3. The smallest absolute Gasteiger partial charge is 0.224 e. The summed E-state index contributed by atoms with van der Waals surface area (Å²) in [5.74, 6) is 0.945. The lowest BCUT2D eigenvalue weighted by molar-refractivity contribution is -0.116. The molecule has 2 aromatic carbocycles. The van der Waals surface area contributed by atoms with Crippen LogP contribution in [0.2, 0.25) is 0 Å². The lowest BCUT2D eigenvalue weighted by atomic mass is 10.1. The summed E-state index contributed by atoms with van der Waals surface area (Å²) in [6, 6.07) is 17.1. The van der Waals surface area contributed by atoms with Crippen molar-refractivity contribution in [2.24, 2.45) is 0 Å². The maximum Gasteiger partial charge on any atom is 0.224 e. The molecule has 0 aliphatic carbocycles. The van der Waals surface area contributed by atoms with E-state index in [1.165, 1.54) is 11.8 Å². The van der Waals surface area contributed by atoms with Crippen molar-refractivity contribution in [1.29, 1.82) is 0 Å². The zero-order valence-corrected chi connectivity index (χ0v) is 13.4. The number of rotatable bonds is 7. The molecule has 0 aromatic heterocycles. The first-order chi connectivity index (χ1) is 10.6. The van der Waals surface area contributed by atoms with Crippen molar-refractivity contribution in [2.75, 3.05) is 11.1 Å². The quantitative estimate of drug-likeness (QED) is 0.468. The van der Waals surface area contributed by atoms with Gasteiger partial charge in [0.15, 0.2) is 5.78 Å². The molecule has 0 saturated carbocycles. The number of carbonyl (C=O) groups is 2. The number of benzene rings is 2. The van der Waals surface area contributed by atoms with E-state index in [0.29, 0.717) is 12.0 Å². The van der Waals surface area contributed by atoms with Crippen molar-refractivity contribution in [3.05, 3.63) is 60.2 Å². The van der Waals surface area contributed by atoms with E-state index in [1.807, 2.05) is 18.2 Å². The number of ketones is 1. The van der Waals surface area contributed by atoms with Gasteiger partial charge in [-0.25, -0.2) is 0 Å². The van der Waals surface area contributed by atoms with Crippen LogP contribution in [0.4, 0.5) is 5.69 Å². The van der Waals surface area contributed by atoms with Crippen LogP contribution in [-0.2, 0) is 4.79 Å². The Bertz CT molecular complexity index is 623. The van der Waals surface area contributed by atoms with Gasteiger partial charge < -0.3 is 5.32 Å². The number of hydrogen-bond donors (Lipinski definition) is 1. The summed E-state index contributed by atoms with van der Waals surface area (Å²) in [5, 5.41) is 2.85. The summed E-state index contributed by atoms with van der Waals surface area (Å²) in [6.07, 6.45) is 1.32. The largest absolute Gasteiger partial charge is 0.326 e. The predicted octanol–water partition coefficient (Wildman–Crippen LogP) is 4.40. The first kappa shape index (κ1) is 16.3. The van der Waals surface area contributed by atoms with E-state index in [4.69, 9.17) is 0 Å². The Morgan fingerprint density at radius 3 is 2.32 bits per heavy atom. The summed E-state index contributed by atoms with van der Waals surface area (Å²) in [4.78, 5) is 24.3. The molecule has 0 atom stereocenters. The van der Waals surface area contributed by atoms with Gasteiger partial charge in [0.25, 0.3) is 0 Å². The molecule has 0 bridgehead atoms. The first-order valence-corrected chi connectivity index (χ1v) is 8.22. The van der Waals surface area contributed by atoms with E-state index in [2.05, 4.69) is 17.4 Å². The second kappa shape index (κ2) is 8.39. The van der Waals surface area contributed by atoms with Crippen LogP contribution in [0.1, 0.15) is 30.1 Å². The molecule has 0 unspecified atom stereocenters. The minimum atomic E-state index is 0.00392. The molecule has 0 fully saturated rings. The fourth-order valence-electron chi connectivity index (χ4n) is 1.95. The van der Waals surface area contributed by atoms with Gasteiger partial charge >= 0.3 is 0 Å². The molecule has 0 saturated heterocycles. The minimum absolute atomic E-state index is 0.00392. The summed E-state index contributed by atoms with van der Waals surface area (Å²) in [7, 11) is 0. The molecule has 0 aliphatic heterocycles. The molecule has 3 nitrogen and oxygen atoms in total. The van der Waals surface area contributed by atoms with Gasteiger partial charge in [-0.1, -0.05) is 18.2 Å². The predicted molar refractivity (Wildman–Crippen MR) is 91.5 cm³/mol. The second-order valence-corrected chi connectivity index (χ2v) is 6.12. The molecule has 1 N–H and O–H groups in total. The molecule has 22 heavy (non-hydrogen) atoms. The van der Waals surface area contributed by atoms with E-state index in [0.717, 1.165) is 17.9 Å². The van der Waals surface area contributed by atoms with Crippen LogP contribution in [0.15, 0.2) is 59.5 Å². The van der Waals surface area contributed by atoms with Gasteiger partial charge in [0.2, 0.25) is 5.91 Å². The van der Waals surface area contributed by atoms with Crippen LogP contribution in [0.5, 0.6) is 0 Å². The van der Waals surface area contributed by atoms with Gasteiger partial charge in [0, 0.05) is 22.6 Å². The lowest BCUT2D eigenvalue weighted by Crippen LogP contribution is -2.11. The molecule has 2 rings (SSSR count). The molecule has 0 heterocycles. The Labute approximate surface area is 135 Å². The van der Waals surface area contributed by atoms with E-state index < -0.39 is 0 Å². The summed E-state index contributed by atoms with van der Waals surface area (Å²) in [6.45, 7) is 1.53. The van der Waals surface area contributed by atoms with Crippen molar-refractivity contribution >= 4 is 29.1 Å². The Balaban J connectivity index is 1.70. The molecule has 0 radical (unpaired) electrons. The highest BCUT2D eigenvalue weighted by molar-refractivity contribution is 7.99. The molecule has 2 aromatic rings. The van der Waals surface area contributed by atoms with E-state index >= 15 is 0 Å². The highest BCUT2D eigenvalue weighted by atomic mass is 32.2. The van der Waals surface area contributed by atoms with Gasteiger partial charge in [-0.2, -0.15) is 0 Å². The summed E-state index contributed by atoms with van der Waals surface area (Å²) >= 11 is 1.76. The molecule has 4 heteroatoms. The average Bonchev–Trinajstić information content (AvgIpc) is 2.53. The number of anilines is 1. The monoisotopic (exact) mass is 313 g/mol. The molecular formula is C18H19NO2S. The Morgan fingerprint density at radius 1 is 1.00 bits per heavy atom. The fraction of sp³-hybridized carbons (Fsp3) is 0.222. The van der Waals surface area contributed by atoms with E-state index in [1.54, 1.807) is 36.0 Å². The van der Waals surface area contributed by atoms with Gasteiger partial charge in [-0.3, -0.25) is 9.59 Å². The Hall–Kier alpha value is -2.07. The van der Waals surface area contributed by atoms with Crippen LogP contribution < -0.4 is 5.32 Å². The number of Topliss-reactive ketones (excluding diaryl/α,β-unsaturated/α-hetero) is 1.